The molecule has 1 aliphatic carbocycles. The second kappa shape index (κ2) is 6.74. The third kappa shape index (κ3) is 3.68. The van der Waals surface area contributed by atoms with E-state index in [9.17, 15) is 13.6 Å². The van der Waals surface area contributed by atoms with Gasteiger partial charge in [-0.25, -0.2) is 8.78 Å². The molecular formula is C16H20ClF2N5O. The van der Waals surface area contributed by atoms with Crippen molar-refractivity contribution in [3.63, 3.8) is 0 Å². The van der Waals surface area contributed by atoms with Gasteiger partial charge in [0.25, 0.3) is 6.43 Å². The lowest BCUT2D eigenvalue weighted by molar-refractivity contribution is -0.122. The molecule has 25 heavy (non-hydrogen) atoms. The summed E-state index contributed by atoms with van der Waals surface area (Å²) in [7, 11) is 1.81. The largest absolute Gasteiger partial charge is 0.348 e. The van der Waals surface area contributed by atoms with Gasteiger partial charge in [0.05, 0.1) is 22.5 Å². The van der Waals surface area contributed by atoms with Crippen molar-refractivity contribution in [3.8, 4) is 0 Å². The second-order valence-electron chi connectivity index (χ2n) is 6.45. The molecule has 1 N–H and O–H groups in total. The molecule has 1 unspecified atom stereocenters. The lowest BCUT2D eigenvalue weighted by atomic mass is 10.1. The summed E-state index contributed by atoms with van der Waals surface area (Å²) < 4.78 is 29.1. The quantitative estimate of drug-likeness (QED) is 0.847. The number of hydrogen-bond donors (Lipinski definition) is 1. The van der Waals surface area contributed by atoms with E-state index >= 15 is 0 Å². The summed E-state index contributed by atoms with van der Waals surface area (Å²) in [5.41, 5.74) is 1.82. The number of halogens is 3. The molecule has 136 valence electrons. The number of aryl methyl sites for hydroxylation is 2. The first-order valence-electron chi connectivity index (χ1n) is 8.11. The molecule has 1 aliphatic rings. The van der Waals surface area contributed by atoms with E-state index < -0.39 is 12.1 Å². The zero-order valence-corrected chi connectivity index (χ0v) is 15.0. The lowest BCUT2D eigenvalue weighted by Gasteiger charge is -2.14. The average molecular weight is 372 g/mol. The van der Waals surface area contributed by atoms with Crippen LogP contribution in [0.3, 0.4) is 0 Å². The fourth-order valence-corrected chi connectivity index (χ4v) is 3.40. The minimum Gasteiger partial charge on any atom is -0.348 e. The maximum absolute atomic E-state index is 13.1. The van der Waals surface area contributed by atoms with Crippen molar-refractivity contribution < 1.29 is 13.6 Å². The number of amides is 1. The molecule has 1 atom stereocenters. The first-order valence-corrected chi connectivity index (χ1v) is 8.49. The first kappa shape index (κ1) is 17.8. The van der Waals surface area contributed by atoms with Crippen molar-refractivity contribution in [2.45, 2.75) is 51.6 Å². The Hall–Kier alpha value is -1.96. The summed E-state index contributed by atoms with van der Waals surface area (Å²) >= 11 is 6.06. The van der Waals surface area contributed by atoms with E-state index in [0.29, 0.717) is 5.69 Å². The van der Waals surface area contributed by atoms with Crippen LogP contribution in [-0.4, -0.2) is 25.5 Å². The van der Waals surface area contributed by atoms with Gasteiger partial charge in [-0.3, -0.25) is 14.2 Å². The molecule has 0 aromatic carbocycles. The Morgan fingerprint density at radius 1 is 1.44 bits per heavy atom. The number of alkyl halides is 2. The summed E-state index contributed by atoms with van der Waals surface area (Å²) in [6.45, 7) is 3.58. The number of carbonyl (C=O) groups excluding carboxylic acids is 1. The number of aromatic nitrogens is 4. The highest BCUT2D eigenvalue weighted by molar-refractivity contribution is 6.32. The Bertz CT molecular complexity index is 797. The highest BCUT2D eigenvalue weighted by Crippen LogP contribution is 2.45. The van der Waals surface area contributed by atoms with Gasteiger partial charge in [-0.15, -0.1) is 0 Å². The van der Waals surface area contributed by atoms with Crippen molar-refractivity contribution in [1.29, 1.82) is 0 Å². The molecule has 2 aromatic heterocycles. The molecule has 3 rings (SSSR count). The van der Waals surface area contributed by atoms with Crippen LogP contribution < -0.4 is 5.32 Å². The van der Waals surface area contributed by atoms with E-state index in [1.165, 1.54) is 4.68 Å². The fourth-order valence-electron chi connectivity index (χ4n) is 3.02. The molecule has 1 saturated carbocycles. The van der Waals surface area contributed by atoms with Gasteiger partial charge in [0.15, 0.2) is 0 Å². The monoisotopic (exact) mass is 371 g/mol. The average Bonchev–Trinajstić information content (AvgIpc) is 3.20. The molecule has 1 fully saturated rings. The van der Waals surface area contributed by atoms with Gasteiger partial charge in [0, 0.05) is 24.7 Å². The normalized spacial score (nSPS) is 15.6. The number of hydrogen-bond acceptors (Lipinski definition) is 3. The van der Waals surface area contributed by atoms with Gasteiger partial charge < -0.3 is 5.32 Å². The third-order valence-electron chi connectivity index (χ3n) is 4.32. The lowest BCUT2D eigenvalue weighted by Crippen LogP contribution is -2.31. The molecule has 6 nitrogen and oxygen atoms in total. The van der Waals surface area contributed by atoms with Gasteiger partial charge in [-0.05, 0) is 26.7 Å². The summed E-state index contributed by atoms with van der Waals surface area (Å²) in [5, 5.41) is 11.0. The molecule has 1 amide bonds. The van der Waals surface area contributed by atoms with Gasteiger partial charge in [-0.2, -0.15) is 10.2 Å². The summed E-state index contributed by atoms with van der Waals surface area (Å²) in [6.07, 6.45) is 0.837. The van der Waals surface area contributed by atoms with Crippen LogP contribution in [0.4, 0.5) is 8.78 Å². The van der Waals surface area contributed by atoms with Crippen molar-refractivity contribution in [2.75, 3.05) is 0 Å². The minimum atomic E-state index is -2.76. The molecule has 0 saturated heterocycles. The fraction of sp³-hybridized carbons (Fsp3) is 0.562. The van der Waals surface area contributed by atoms with Crippen molar-refractivity contribution in [3.05, 3.63) is 33.9 Å². The molecule has 0 spiro atoms. The second-order valence-corrected chi connectivity index (χ2v) is 6.83. The van der Waals surface area contributed by atoms with E-state index in [1.807, 2.05) is 27.1 Å². The SMILES string of the molecule is Cc1nn(C)cc1C(C)NC(=O)Cn1nc(C(F)F)c(Cl)c1C1CC1. The maximum Gasteiger partial charge on any atom is 0.283 e. The molecule has 9 heteroatoms. The van der Waals surface area contributed by atoms with Crippen LogP contribution in [0, 0.1) is 6.92 Å². The number of rotatable bonds is 6. The van der Waals surface area contributed by atoms with Crippen molar-refractivity contribution in [1.82, 2.24) is 24.9 Å². The summed E-state index contributed by atoms with van der Waals surface area (Å²) in [6, 6.07) is -0.244. The van der Waals surface area contributed by atoms with E-state index in [2.05, 4.69) is 15.5 Å². The zero-order valence-electron chi connectivity index (χ0n) is 14.3. The molecule has 0 radical (unpaired) electrons. The highest BCUT2D eigenvalue weighted by atomic mass is 35.5. The smallest absolute Gasteiger partial charge is 0.283 e. The Morgan fingerprint density at radius 3 is 2.64 bits per heavy atom. The first-order chi connectivity index (χ1) is 11.8. The molecule has 0 bridgehead atoms. The molecule has 2 aromatic rings. The summed E-state index contributed by atoms with van der Waals surface area (Å²) in [5.74, 6) is -0.198. The Balaban J connectivity index is 1.75. The third-order valence-corrected chi connectivity index (χ3v) is 4.70. The molecular weight excluding hydrogens is 352 g/mol. The Kier molecular flexibility index (Phi) is 4.81. The predicted octanol–water partition coefficient (Wildman–Crippen LogP) is 3.27. The van der Waals surface area contributed by atoms with Crippen LogP contribution in [0.5, 0.6) is 0 Å². The van der Waals surface area contributed by atoms with Crippen LogP contribution >= 0.6 is 11.6 Å². The van der Waals surface area contributed by atoms with E-state index in [0.717, 1.165) is 24.1 Å². The van der Waals surface area contributed by atoms with Crippen LogP contribution in [0.2, 0.25) is 5.02 Å². The van der Waals surface area contributed by atoms with Crippen LogP contribution in [-0.2, 0) is 18.4 Å². The maximum atomic E-state index is 13.1. The van der Waals surface area contributed by atoms with Gasteiger partial charge in [0.1, 0.15) is 12.2 Å². The molecule has 2 heterocycles. The Labute approximate surface area is 149 Å². The topological polar surface area (TPSA) is 64.7 Å². The molecule has 0 aliphatic heterocycles. The zero-order chi connectivity index (χ0) is 18.3. The minimum absolute atomic E-state index is 0.0125. The highest BCUT2D eigenvalue weighted by Gasteiger charge is 2.34. The summed E-state index contributed by atoms with van der Waals surface area (Å²) in [4.78, 5) is 12.4. The van der Waals surface area contributed by atoms with Gasteiger partial charge >= 0.3 is 0 Å². The number of nitrogens with one attached hydrogen (secondary N) is 1. The van der Waals surface area contributed by atoms with E-state index in [-0.39, 0.29) is 29.4 Å². The predicted molar refractivity (Wildman–Crippen MR) is 88.7 cm³/mol. The van der Waals surface area contributed by atoms with Crippen molar-refractivity contribution >= 4 is 17.5 Å². The van der Waals surface area contributed by atoms with Crippen molar-refractivity contribution in [2.24, 2.45) is 7.05 Å². The Morgan fingerprint density at radius 2 is 2.12 bits per heavy atom. The van der Waals surface area contributed by atoms with Crippen LogP contribution in [0.1, 0.15) is 60.8 Å². The van der Waals surface area contributed by atoms with Crippen LogP contribution in [0.15, 0.2) is 6.20 Å². The van der Waals surface area contributed by atoms with E-state index in [4.69, 9.17) is 11.6 Å². The standard InChI is InChI=1S/C16H20ClF2N5O/c1-8(11-6-23(3)21-9(11)2)20-12(25)7-24-15(10-4-5-10)13(17)14(22-24)16(18)19/h6,8,10,16H,4-5,7H2,1-3H3,(H,20,25). The van der Waals surface area contributed by atoms with E-state index in [1.54, 1.807) is 4.68 Å². The van der Waals surface area contributed by atoms with Gasteiger partial charge in [-0.1, -0.05) is 11.6 Å². The van der Waals surface area contributed by atoms with Crippen LogP contribution in [0.25, 0.3) is 0 Å². The van der Waals surface area contributed by atoms with Gasteiger partial charge in [0.2, 0.25) is 5.91 Å². The number of nitrogens with zero attached hydrogens (tertiary/aromatic N) is 4. The number of carbonyl (C=O) groups is 1.